The predicted octanol–water partition coefficient (Wildman–Crippen LogP) is 3.41. The summed E-state index contributed by atoms with van der Waals surface area (Å²) in [7, 11) is 1.96. The molecule has 0 spiro atoms. The van der Waals surface area contributed by atoms with Crippen molar-refractivity contribution in [1.29, 1.82) is 0 Å². The van der Waals surface area contributed by atoms with Crippen LogP contribution in [0.3, 0.4) is 0 Å². The van der Waals surface area contributed by atoms with Crippen LogP contribution in [0.1, 0.15) is 36.6 Å². The molecule has 0 N–H and O–H groups in total. The summed E-state index contributed by atoms with van der Waals surface area (Å²) in [5.74, 6) is 1.58. The van der Waals surface area contributed by atoms with Gasteiger partial charge in [-0.15, -0.1) is 0 Å². The van der Waals surface area contributed by atoms with Crippen molar-refractivity contribution in [1.82, 2.24) is 19.6 Å². The minimum Gasteiger partial charge on any atom is -0.348 e. The van der Waals surface area contributed by atoms with Crippen LogP contribution in [0, 0.1) is 0 Å². The first-order valence-electron chi connectivity index (χ1n) is 9.48. The normalized spacial score (nSPS) is 16.8. The number of hydrogen-bond donors (Lipinski definition) is 0. The van der Waals surface area contributed by atoms with Crippen LogP contribution in [0.4, 0.5) is 0 Å². The maximum atomic E-state index is 12.5. The van der Waals surface area contributed by atoms with Gasteiger partial charge in [-0.25, -0.2) is 0 Å². The lowest BCUT2D eigenvalue weighted by Crippen LogP contribution is -2.28. The highest BCUT2D eigenvalue weighted by atomic mass is 16.5. The SMILES string of the molecule is Cn1cccc1-c1noc(C2CCN(C(=O)CCCc3ccccc3)C2)n1. The number of carbonyl (C=O) groups is 1. The Bertz CT molecular complexity index is 900. The summed E-state index contributed by atoms with van der Waals surface area (Å²) >= 11 is 0. The lowest BCUT2D eigenvalue weighted by Gasteiger charge is -2.15. The van der Waals surface area contributed by atoms with Crippen molar-refractivity contribution in [2.45, 2.75) is 31.6 Å². The van der Waals surface area contributed by atoms with Gasteiger partial charge in [-0.05, 0) is 37.0 Å². The number of carbonyl (C=O) groups excluding carboxylic acids is 1. The predicted molar refractivity (Wildman–Crippen MR) is 102 cm³/mol. The summed E-state index contributed by atoms with van der Waals surface area (Å²) in [5, 5.41) is 4.11. The number of benzene rings is 1. The zero-order valence-electron chi connectivity index (χ0n) is 15.5. The molecule has 2 aromatic heterocycles. The number of aromatic nitrogens is 3. The number of nitrogens with zero attached hydrogens (tertiary/aromatic N) is 4. The third kappa shape index (κ3) is 3.94. The summed E-state index contributed by atoms with van der Waals surface area (Å²) in [6, 6.07) is 14.2. The monoisotopic (exact) mass is 364 g/mol. The Labute approximate surface area is 158 Å². The van der Waals surface area contributed by atoms with E-state index < -0.39 is 0 Å². The van der Waals surface area contributed by atoms with E-state index in [0.717, 1.165) is 31.5 Å². The molecule has 1 atom stereocenters. The molecule has 0 aliphatic carbocycles. The van der Waals surface area contributed by atoms with Gasteiger partial charge in [-0.2, -0.15) is 4.98 Å². The molecule has 1 saturated heterocycles. The van der Waals surface area contributed by atoms with E-state index in [2.05, 4.69) is 22.3 Å². The Balaban J connectivity index is 1.30. The molecule has 1 unspecified atom stereocenters. The van der Waals surface area contributed by atoms with Gasteiger partial charge in [-0.3, -0.25) is 4.79 Å². The number of likely N-dealkylation sites (tertiary alicyclic amines) is 1. The van der Waals surface area contributed by atoms with Gasteiger partial charge >= 0.3 is 0 Å². The number of rotatable bonds is 6. The van der Waals surface area contributed by atoms with Crippen molar-refractivity contribution < 1.29 is 9.32 Å². The first-order valence-corrected chi connectivity index (χ1v) is 9.48. The van der Waals surface area contributed by atoms with Crippen molar-refractivity contribution in [3.05, 3.63) is 60.1 Å². The molecule has 6 nitrogen and oxygen atoms in total. The second kappa shape index (κ2) is 7.78. The van der Waals surface area contributed by atoms with Crippen LogP contribution < -0.4 is 0 Å². The van der Waals surface area contributed by atoms with E-state index in [1.54, 1.807) is 0 Å². The number of aryl methyl sites for hydroxylation is 2. The molecule has 1 fully saturated rings. The minimum absolute atomic E-state index is 0.129. The van der Waals surface area contributed by atoms with Gasteiger partial charge in [0, 0.05) is 32.8 Å². The second-order valence-corrected chi connectivity index (χ2v) is 7.13. The Morgan fingerprint density at radius 2 is 2.07 bits per heavy atom. The molecule has 4 rings (SSSR count). The van der Waals surface area contributed by atoms with E-state index in [4.69, 9.17) is 4.52 Å². The molecule has 1 aliphatic heterocycles. The van der Waals surface area contributed by atoms with Crippen molar-refractivity contribution in [2.24, 2.45) is 7.05 Å². The molecular formula is C21H24N4O2. The zero-order valence-corrected chi connectivity index (χ0v) is 15.5. The van der Waals surface area contributed by atoms with Crippen molar-refractivity contribution in [2.75, 3.05) is 13.1 Å². The molecule has 0 saturated carbocycles. The fourth-order valence-electron chi connectivity index (χ4n) is 3.63. The molecule has 0 radical (unpaired) electrons. The van der Waals surface area contributed by atoms with E-state index in [9.17, 15) is 4.79 Å². The van der Waals surface area contributed by atoms with Crippen LogP contribution in [0.15, 0.2) is 53.2 Å². The summed E-state index contributed by atoms with van der Waals surface area (Å²) < 4.78 is 7.45. The average molecular weight is 364 g/mol. The number of amides is 1. The third-order valence-electron chi connectivity index (χ3n) is 5.20. The van der Waals surface area contributed by atoms with E-state index >= 15 is 0 Å². The maximum absolute atomic E-state index is 12.5. The first kappa shape index (κ1) is 17.5. The first-order chi connectivity index (χ1) is 13.2. The van der Waals surface area contributed by atoms with Crippen LogP contribution >= 0.6 is 0 Å². The summed E-state index contributed by atoms with van der Waals surface area (Å²) in [4.78, 5) is 19.0. The highest BCUT2D eigenvalue weighted by Gasteiger charge is 2.31. The quantitative estimate of drug-likeness (QED) is 0.672. The van der Waals surface area contributed by atoms with Gasteiger partial charge in [0.15, 0.2) is 0 Å². The van der Waals surface area contributed by atoms with Gasteiger partial charge < -0.3 is 14.0 Å². The lowest BCUT2D eigenvalue weighted by atomic mass is 10.1. The molecule has 6 heteroatoms. The van der Waals surface area contributed by atoms with Crippen LogP contribution in [-0.4, -0.2) is 38.6 Å². The molecule has 27 heavy (non-hydrogen) atoms. The molecule has 1 aliphatic rings. The van der Waals surface area contributed by atoms with Gasteiger partial charge in [-0.1, -0.05) is 35.5 Å². The Hall–Kier alpha value is -2.89. The summed E-state index contributed by atoms with van der Waals surface area (Å²) in [6.45, 7) is 1.43. The molecule has 1 amide bonds. The lowest BCUT2D eigenvalue weighted by molar-refractivity contribution is -0.130. The largest absolute Gasteiger partial charge is 0.348 e. The minimum atomic E-state index is 0.129. The van der Waals surface area contributed by atoms with E-state index in [0.29, 0.717) is 24.7 Å². The van der Waals surface area contributed by atoms with E-state index in [-0.39, 0.29) is 11.8 Å². The highest BCUT2D eigenvalue weighted by molar-refractivity contribution is 5.76. The van der Waals surface area contributed by atoms with E-state index in [1.165, 1.54) is 5.56 Å². The summed E-state index contributed by atoms with van der Waals surface area (Å²) in [5.41, 5.74) is 2.21. The standard InChI is InChI=1S/C21H24N4O2/c1-24-13-6-10-18(24)20-22-21(27-23-20)17-12-14-25(15-17)19(26)11-5-9-16-7-3-2-4-8-16/h2-4,6-8,10,13,17H,5,9,11-12,14-15H2,1H3. The van der Waals surface area contributed by atoms with Crippen molar-refractivity contribution in [3.8, 4) is 11.5 Å². The molecule has 3 aromatic rings. The molecule has 1 aromatic carbocycles. The van der Waals surface area contributed by atoms with Gasteiger partial charge in [0.25, 0.3) is 0 Å². The van der Waals surface area contributed by atoms with Crippen LogP contribution in [0.2, 0.25) is 0 Å². The molecule has 0 bridgehead atoms. The maximum Gasteiger partial charge on any atom is 0.231 e. The van der Waals surface area contributed by atoms with Crippen LogP contribution in [0.5, 0.6) is 0 Å². The van der Waals surface area contributed by atoms with Gasteiger partial charge in [0.05, 0.1) is 11.6 Å². The third-order valence-corrected chi connectivity index (χ3v) is 5.20. The van der Waals surface area contributed by atoms with Crippen LogP contribution in [0.25, 0.3) is 11.5 Å². The highest BCUT2D eigenvalue weighted by Crippen LogP contribution is 2.28. The molecular weight excluding hydrogens is 340 g/mol. The topological polar surface area (TPSA) is 64.2 Å². The van der Waals surface area contributed by atoms with Gasteiger partial charge in [0.1, 0.15) is 0 Å². The zero-order chi connectivity index (χ0) is 18.6. The average Bonchev–Trinajstić information content (AvgIpc) is 3.42. The molecule has 3 heterocycles. The smallest absolute Gasteiger partial charge is 0.231 e. The van der Waals surface area contributed by atoms with Crippen LogP contribution in [-0.2, 0) is 18.3 Å². The second-order valence-electron chi connectivity index (χ2n) is 7.13. The fraction of sp³-hybridized carbons (Fsp3) is 0.381. The summed E-state index contributed by atoms with van der Waals surface area (Å²) in [6.07, 6.45) is 5.23. The number of hydrogen-bond acceptors (Lipinski definition) is 4. The Kier molecular flexibility index (Phi) is 5.05. The van der Waals surface area contributed by atoms with Gasteiger partial charge in [0.2, 0.25) is 17.6 Å². The fourth-order valence-corrected chi connectivity index (χ4v) is 3.63. The Morgan fingerprint density at radius 1 is 1.22 bits per heavy atom. The van der Waals surface area contributed by atoms with Crippen molar-refractivity contribution in [3.63, 3.8) is 0 Å². The van der Waals surface area contributed by atoms with Crippen molar-refractivity contribution >= 4 is 5.91 Å². The molecule has 140 valence electrons. The van der Waals surface area contributed by atoms with E-state index in [1.807, 2.05) is 53.0 Å². The Morgan fingerprint density at radius 3 is 2.85 bits per heavy atom.